The van der Waals surface area contributed by atoms with E-state index >= 15 is 0 Å². The summed E-state index contributed by atoms with van der Waals surface area (Å²) >= 11 is 7.06. The Balaban J connectivity index is 2.15. The number of rotatable bonds is 6. The monoisotopic (exact) mass is 391 g/mol. The van der Waals surface area contributed by atoms with Gasteiger partial charge in [-0.2, -0.15) is 0 Å². The third-order valence-corrected chi connectivity index (χ3v) is 4.87. The zero-order chi connectivity index (χ0) is 13.9. The van der Waals surface area contributed by atoms with Gasteiger partial charge in [-0.25, -0.2) is 0 Å². The van der Waals surface area contributed by atoms with E-state index < -0.39 is 0 Å². The molecule has 0 atom stereocenters. The molecule has 0 aliphatic heterocycles. The topological polar surface area (TPSA) is 30.5 Å². The molecule has 5 heteroatoms. The van der Waals surface area contributed by atoms with Gasteiger partial charge >= 0.3 is 0 Å². The highest BCUT2D eigenvalue weighted by molar-refractivity contribution is 9.11. The van der Waals surface area contributed by atoms with E-state index in [4.69, 9.17) is 9.47 Å². The fourth-order valence-corrected chi connectivity index (χ4v) is 3.19. The molecule has 106 valence electrons. The van der Waals surface area contributed by atoms with Gasteiger partial charge in [0.05, 0.1) is 16.1 Å². The van der Waals surface area contributed by atoms with Crippen molar-refractivity contribution in [2.75, 3.05) is 20.7 Å². The van der Waals surface area contributed by atoms with Crippen LogP contribution in [0.15, 0.2) is 21.1 Å². The average molecular weight is 393 g/mol. The summed E-state index contributed by atoms with van der Waals surface area (Å²) in [6.07, 6.45) is 4.55. The van der Waals surface area contributed by atoms with Crippen LogP contribution in [-0.4, -0.2) is 26.3 Å². The van der Waals surface area contributed by atoms with Crippen molar-refractivity contribution in [2.45, 2.75) is 31.3 Å². The Bertz CT molecular complexity index is 447. The second kappa shape index (κ2) is 6.46. The zero-order valence-corrected chi connectivity index (χ0v) is 14.4. The van der Waals surface area contributed by atoms with Gasteiger partial charge in [-0.3, -0.25) is 0 Å². The molecule has 1 fully saturated rings. The Morgan fingerprint density at radius 1 is 1.21 bits per heavy atom. The fraction of sp³-hybridized carbons (Fsp3) is 0.571. The minimum absolute atomic E-state index is 0.000438. The van der Waals surface area contributed by atoms with Crippen molar-refractivity contribution in [3.63, 3.8) is 0 Å². The molecule has 19 heavy (non-hydrogen) atoms. The molecule has 0 unspecified atom stereocenters. The van der Waals surface area contributed by atoms with Gasteiger partial charge in [-0.15, -0.1) is 0 Å². The van der Waals surface area contributed by atoms with E-state index in [-0.39, 0.29) is 5.60 Å². The van der Waals surface area contributed by atoms with Gasteiger partial charge in [0, 0.05) is 0 Å². The summed E-state index contributed by atoms with van der Waals surface area (Å²) in [5.74, 6) is 1.68. The lowest BCUT2D eigenvalue weighted by Gasteiger charge is -2.42. The second-order valence-electron chi connectivity index (χ2n) is 4.91. The van der Waals surface area contributed by atoms with Crippen LogP contribution in [0.3, 0.4) is 0 Å². The van der Waals surface area contributed by atoms with E-state index in [9.17, 15) is 0 Å². The maximum Gasteiger partial charge on any atom is 0.135 e. The molecular formula is C14H19Br2NO2. The highest BCUT2D eigenvalue weighted by Crippen LogP contribution is 2.43. The molecule has 0 aromatic heterocycles. The number of methoxy groups -OCH3 is 1. The van der Waals surface area contributed by atoms with Crippen molar-refractivity contribution in [1.29, 1.82) is 0 Å². The predicted molar refractivity (Wildman–Crippen MR) is 84.1 cm³/mol. The average Bonchev–Trinajstić information content (AvgIpc) is 2.36. The number of benzene rings is 1. The first-order valence-corrected chi connectivity index (χ1v) is 8.05. The molecule has 1 aromatic rings. The van der Waals surface area contributed by atoms with Gasteiger partial charge in [0.2, 0.25) is 0 Å². The molecular weight excluding hydrogens is 374 g/mol. The number of hydrogen-bond donors (Lipinski definition) is 1. The summed E-state index contributed by atoms with van der Waals surface area (Å²) < 4.78 is 13.4. The smallest absolute Gasteiger partial charge is 0.135 e. The molecule has 3 nitrogen and oxygen atoms in total. The summed E-state index contributed by atoms with van der Waals surface area (Å²) in [5, 5.41) is 3.20. The molecule has 0 bridgehead atoms. The molecule has 1 aliphatic rings. The molecule has 0 amide bonds. The third-order valence-electron chi connectivity index (χ3n) is 3.63. The lowest BCUT2D eigenvalue weighted by molar-refractivity contribution is -0.0145. The highest BCUT2D eigenvalue weighted by Gasteiger charge is 2.39. The number of hydrogen-bond acceptors (Lipinski definition) is 3. The Labute approximate surface area is 131 Å². The lowest BCUT2D eigenvalue weighted by Crippen LogP contribution is -2.45. The van der Waals surface area contributed by atoms with E-state index in [2.05, 4.69) is 37.2 Å². The number of nitrogens with one attached hydrogen (secondary N) is 1. The van der Waals surface area contributed by atoms with Gasteiger partial charge < -0.3 is 14.8 Å². The largest absolute Gasteiger partial charge is 0.496 e. The standard InChI is InChI=1S/C14H19Br2NO2/c1-17-7-6-14(4-3-5-14)19-13-9-10(15)12(18-2)8-11(13)16/h8-9,17H,3-7H2,1-2H3. The second-order valence-corrected chi connectivity index (χ2v) is 6.62. The van der Waals surface area contributed by atoms with Crippen LogP contribution in [0.4, 0.5) is 0 Å². The highest BCUT2D eigenvalue weighted by atomic mass is 79.9. The third kappa shape index (κ3) is 3.44. The molecule has 0 heterocycles. The van der Waals surface area contributed by atoms with E-state index in [1.807, 2.05) is 19.2 Å². The van der Waals surface area contributed by atoms with E-state index in [0.29, 0.717) is 0 Å². The van der Waals surface area contributed by atoms with Crippen molar-refractivity contribution in [3.8, 4) is 11.5 Å². The van der Waals surface area contributed by atoms with Gasteiger partial charge in [-0.1, -0.05) is 0 Å². The first-order chi connectivity index (χ1) is 9.10. The van der Waals surface area contributed by atoms with Gasteiger partial charge in [0.1, 0.15) is 17.1 Å². The number of halogens is 2. The molecule has 0 radical (unpaired) electrons. The Morgan fingerprint density at radius 3 is 2.37 bits per heavy atom. The summed E-state index contributed by atoms with van der Waals surface area (Å²) in [7, 11) is 3.64. The molecule has 1 N–H and O–H groups in total. The van der Waals surface area contributed by atoms with Crippen LogP contribution in [0.5, 0.6) is 11.5 Å². The van der Waals surface area contributed by atoms with Gasteiger partial charge in [0.25, 0.3) is 0 Å². The van der Waals surface area contributed by atoms with E-state index in [0.717, 1.165) is 46.3 Å². The summed E-state index contributed by atoms with van der Waals surface area (Å²) in [5.41, 5.74) is -0.000438. The summed E-state index contributed by atoms with van der Waals surface area (Å²) in [6.45, 7) is 0.981. The quantitative estimate of drug-likeness (QED) is 0.789. The zero-order valence-electron chi connectivity index (χ0n) is 11.3. The molecule has 1 saturated carbocycles. The van der Waals surface area contributed by atoms with Crippen LogP contribution in [0.2, 0.25) is 0 Å². The van der Waals surface area contributed by atoms with Crippen LogP contribution < -0.4 is 14.8 Å². The van der Waals surface area contributed by atoms with Gasteiger partial charge in [-0.05, 0) is 83.3 Å². The van der Waals surface area contributed by atoms with Crippen LogP contribution in [-0.2, 0) is 0 Å². The normalized spacial score (nSPS) is 16.8. The van der Waals surface area contributed by atoms with E-state index in [1.165, 1.54) is 6.42 Å². The maximum absolute atomic E-state index is 6.28. The maximum atomic E-state index is 6.28. The van der Waals surface area contributed by atoms with Crippen molar-refractivity contribution in [3.05, 3.63) is 21.1 Å². The van der Waals surface area contributed by atoms with Crippen molar-refractivity contribution >= 4 is 31.9 Å². The Morgan fingerprint density at radius 2 is 1.84 bits per heavy atom. The molecule has 1 aliphatic carbocycles. The minimum Gasteiger partial charge on any atom is -0.496 e. The van der Waals surface area contributed by atoms with Crippen molar-refractivity contribution < 1.29 is 9.47 Å². The Hall–Kier alpha value is -0.260. The lowest BCUT2D eigenvalue weighted by atomic mass is 9.77. The number of ether oxygens (including phenoxy) is 2. The van der Waals surface area contributed by atoms with Crippen molar-refractivity contribution in [1.82, 2.24) is 5.32 Å². The molecule has 0 spiro atoms. The van der Waals surface area contributed by atoms with Crippen molar-refractivity contribution in [2.24, 2.45) is 0 Å². The van der Waals surface area contributed by atoms with E-state index in [1.54, 1.807) is 7.11 Å². The Kier molecular flexibility index (Phi) is 5.15. The van der Waals surface area contributed by atoms with Crippen LogP contribution in [0, 0.1) is 0 Å². The SMILES string of the molecule is CNCCC1(Oc2cc(Br)c(OC)cc2Br)CCC1. The van der Waals surface area contributed by atoms with Crippen LogP contribution in [0.25, 0.3) is 0 Å². The first kappa shape index (κ1) is 15.1. The fourth-order valence-electron chi connectivity index (χ4n) is 2.31. The molecule has 1 aromatic carbocycles. The van der Waals surface area contributed by atoms with Crippen LogP contribution in [0.1, 0.15) is 25.7 Å². The van der Waals surface area contributed by atoms with Gasteiger partial charge in [0.15, 0.2) is 0 Å². The molecule has 0 saturated heterocycles. The first-order valence-electron chi connectivity index (χ1n) is 6.47. The molecule has 2 rings (SSSR count). The minimum atomic E-state index is -0.000438. The van der Waals surface area contributed by atoms with Crippen LogP contribution >= 0.6 is 31.9 Å². The summed E-state index contributed by atoms with van der Waals surface area (Å²) in [4.78, 5) is 0. The predicted octanol–water partition coefficient (Wildman–Crippen LogP) is 4.13. The summed E-state index contributed by atoms with van der Waals surface area (Å²) in [6, 6.07) is 3.91.